The minimum Gasteiger partial charge on any atom is -0.381 e. The molecule has 23 heavy (non-hydrogen) atoms. The molecule has 0 aromatic rings. The minimum atomic E-state index is -4.54. The molecule has 1 nitrogen and oxygen atoms in total. The lowest BCUT2D eigenvalue weighted by Gasteiger charge is -2.46. The van der Waals surface area contributed by atoms with Crippen molar-refractivity contribution >= 4 is 0 Å². The van der Waals surface area contributed by atoms with Crippen LogP contribution in [0.3, 0.4) is 0 Å². The molecule has 0 saturated heterocycles. The van der Waals surface area contributed by atoms with Crippen LogP contribution in [0.2, 0.25) is 0 Å². The summed E-state index contributed by atoms with van der Waals surface area (Å²) < 4.78 is 39.2. The smallest absolute Gasteiger partial charge is 0.381 e. The molecule has 0 aromatic carbocycles. The van der Waals surface area contributed by atoms with Gasteiger partial charge in [-0.3, -0.25) is 0 Å². The van der Waals surface area contributed by atoms with Crippen molar-refractivity contribution < 1.29 is 18.3 Å². The zero-order valence-corrected chi connectivity index (χ0v) is 15.4. The van der Waals surface area contributed by atoms with E-state index < -0.39 is 11.8 Å². The number of hydrogen-bond acceptors (Lipinski definition) is 1. The van der Waals surface area contributed by atoms with Gasteiger partial charge < -0.3 is 5.11 Å². The predicted octanol–water partition coefficient (Wildman–Crippen LogP) is 5.67. The molecule has 0 spiro atoms. The van der Waals surface area contributed by atoms with Crippen LogP contribution in [0.5, 0.6) is 0 Å². The van der Waals surface area contributed by atoms with Crippen LogP contribution in [0.15, 0.2) is 0 Å². The van der Waals surface area contributed by atoms with E-state index in [1.54, 1.807) is 0 Å². The summed E-state index contributed by atoms with van der Waals surface area (Å²) in [7, 11) is 0. The van der Waals surface area contributed by atoms with Gasteiger partial charge >= 0.3 is 6.18 Å². The average molecular weight is 334 g/mol. The molecule has 0 heterocycles. The van der Waals surface area contributed by atoms with E-state index in [1.165, 1.54) is 0 Å². The zero-order chi connectivity index (χ0) is 17.8. The van der Waals surface area contributed by atoms with Gasteiger partial charge in [-0.15, -0.1) is 0 Å². The summed E-state index contributed by atoms with van der Waals surface area (Å²) in [5, 5.41) is 9.92. The normalized spacial score (nSPS) is 38.6. The van der Waals surface area contributed by atoms with Crippen molar-refractivity contribution in [3.05, 3.63) is 0 Å². The molecule has 0 aliphatic heterocycles. The first-order valence-electron chi connectivity index (χ1n) is 9.08. The Kier molecular flexibility index (Phi) is 4.92. The van der Waals surface area contributed by atoms with E-state index in [4.69, 9.17) is 0 Å². The summed E-state index contributed by atoms with van der Waals surface area (Å²) in [5.74, 6) is 2.49. The number of hydrogen-bond donors (Lipinski definition) is 1. The van der Waals surface area contributed by atoms with E-state index in [0.717, 1.165) is 26.2 Å². The van der Waals surface area contributed by atoms with Gasteiger partial charge in [0.1, 0.15) is 0 Å². The Hall–Kier alpha value is -0.250. The quantitative estimate of drug-likeness (QED) is 0.702. The maximum atomic E-state index is 13.1. The second-order valence-corrected chi connectivity index (χ2v) is 9.49. The van der Waals surface area contributed by atoms with Crippen molar-refractivity contribution in [2.75, 3.05) is 0 Å². The van der Waals surface area contributed by atoms with Gasteiger partial charge in [-0.1, -0.05) is 41.0 Å². The molecular formula is C19H33F3O. The van der Waals surface area contributed by atoms with Crippen molar-refractivity contribution in [3.8, 4) is 0 Å². The van der Waals surface area contributed by atoms with E-state index in [2.05, 4.69) is 34.6 Å². The maximum absolute atomic E-state index is 13.1. The minimum absolute atomic E-state index is 0.00854. The molecule has 4 heteroatoms. The van der Waals surface area contributed by atoms with Crippen LogP contribution in [-0.4, -0.2) is 16.9 Å². The van der Waals surface area contributed by atoms with Gasteiger partial charge in [-0.2, -0.15) is 13.2 Å². The molecule has 7 atom stereocenters. The molecule has 2 rings (SSSR count). The predicted molar refractivity (Wildman–Crippen MR) is 86.9 cm³/mol. The highest BCUT2D eigenvalue weighted by Crippen LogP contribution is 2.64. The molecule has 1 N–H and O–H groups in total. The van der Waals surface area contributed by atoms with Crippen LogP contribution in [0.1, 0.15) is 67.2 Å². The number of halogens is 3. The fourth-order valence-corrected chi connectivity index (χ4v) is 5.74. The lowest BCUT2D eigenvalue weighted by Crippen LogP contribution is -2.46. The highest BCUT2D eigenvalue weighted by atomic mass is 19.4. The molecule has 7 unspecified atom stereocenters. The van der Waals surface area contributed by atoms with Gasteiger partial charge in [-0.25, -0.2) is 0 Å². The van der Waals surface area contributed by atoms with Crippen molar-refractivity contribution in [1.29, 1.82) is 0 Å². The van der Waals surface area contributed by atoms with E-state index >= 15 is 0 Å². The highest BCUT2D eigenvalue weighted by molar-refractivity contribution is 5.06. The second kappa shape index (κ2) is 5.93. The van der Waals surface area contributed by atoms with Crippen molar-refractivity contribution in [1.82, 2.24) is 0 Å². The molecule has 136 valence electrons. The fraction of sp³-hybridized carbons (Fsp3) is 1.00. The van der Waals surface area contributed by atoms with E-state index in [1.807, 2.05) is 0 Å². The average Bonchev–Trinajstić information content (AvgIpc) is 2.91. The van der Waals surface area contributed by atoms with Gasteiger partial charge in [0, 0.05) is 0 Å². The lowest BCUT2D eigenvalue weighted by molar-refractivity contribution is -0.260. The van der Waals surface area contributed by atoms with E-state index in [0.29, 0.717) is 29.6 Å². The van der Waals surface area contributed by atoms with Crippen LogP contribution in [0, 0.1) is 40.9 Å². The Bertz CT molecular complexity index is 421. The summed E-state index contributed by atoms with van der Waals surface area (Å²) in [6.07, 6.45) is -1.70. The molecule has 2 fully saturated rings. The van der Waals surface area contributed by atoms with Gasteiger partial charge in [-0.05, 0) is 67.1 Å². The first-order chi connectivity index (χ1) is 10.3. The third kappa shape index (κ3) is 3.43. The molecule has 0 amide bonds. The molecule has 0 radical (unpaired) electrons. The Morgan fingerprint density at radius 3 is 2.09 bits per heavy atom. The Morgan fingerprint density at radius 1 is 1.09 bits per heavy atom. The third-order valence-corrected chi connectivity index (χ3v) is 6.77. The highest BCUT2D eigenvalue weighted by Gasteiger charge is 2.59. The Balaban J connectivity index is 2.21. The van der Waals surface area contributed by atoms with Gasteiger partial charge in [0.25, 0.3) is 0 Å². The van der Waals surface area contributed by atoms with E-state index in [9.17, 15) is 18.3 Å². The zero-order valence-electron chi connectivity index (χ0n) is 15.4. The summed E-state index contributed by atoms with van der Waals surface area (Å²) in [6, 6.07) is 0. The standard InChI is InChI=1S/C19H33F3O/c1-7-11(2)15-14-9-12(16(15)17(3,4)5)8-13(14)10-18(6,23)19(20,21)22/h11-16,23H,7-10H2,1-6H3. The summed E-state index contributed by atoms with van der Waals surface area (Å²) in [6.45, 7) is 12.2. The topological polar surface area (TPSA) is 20.2 Å². The van der Waals surface area contributed by atoms with Crippen molar-refractivity contribution in [2.45, 2.75) is 79.0 Å². The Morgan fingerprint density at radius 2 is 1.65 bits per heavy atom. The molecular weight excluding hydrogens is 301 g/mol. The Labute approximate surface area is 139 Å². The molecule has 2 aliphatic rings. The largest absolute Gasteiger partial charge is 0.416 e. The number of rotatable bonds is 4. The van der Waals surface area contributed by atoms with Gasteiger partial charge in [0.2, 0.25) is 0 Å². The number of alkyl halides is 3. The maximum Gasteiger partial charge on any atom is 0.416 e. The molecule has 2 bridgehead atoms. The second-order valence-electron chi connectivity index (χ2n) is 9.49. The van der Waals surface area contributed by atoms with Crippen LogP contribution in [-0.2, 0) is 0 Å². The first kappa shape index (κ1) is 19.1. The molecule has 2 saturated carbocycles. The van der Waals surface area contributed by atoms with Gasteiger partial charge in [0.15, 0.2) is 5.60 Å². The summed E-state index contributed by atoms with van der Waals surface area (Å²) >= 11 is 0. The summed E-state index contributed by atoms with van der Waals surface area (Å²) in [5.41, 5.74) is -2.36. The summed E-state index contributed by atoms with van der Waals surface area (Å²) in [4.78, 5) is 0. The first-order valence-corrected chi connectivity index (χ1v) is 9.08. The van der Waals surface area contributed by atoms with Crippen molar-refractivity contribution in [3.63, 3.8) is 0 Å². The van der Waals surface area contributed by atoms with Crippen LogP contribution < -0.4 is 0 Å². The number of aliphatic hydroxyl groups is 1. The van der Waals surface area contributed by atoms with Crippen LogP contribution in [0.4, 0.5) is 13.2 Å². The SMILES string of the molecule is CCC(C)C1C2CC(CC2CC(C)(O)C(F)(F)F)C1C(C)(C)C. The van der Waals surface area contributed by atoms with Crippen LogP contribution in [0.25, 0.3) is 0 Å². The molecule has 0 aromatic heterocycles. The lowest BCUT2D eigenvalue weighted by atomic mass is 9.59. The number of fused-ring (bicyclic) bond motifs is 2. The fourth-order valence-electron chi connectivity index (χ4n) is 5.74. The third-order valence-electron chi connectivity index (χ3n) is 6.77. The molecule has 2 aliphatic carbocycles. The monoisotopic (exact) mass is 334 g/mol. The van der Waals surface area contributed by atoms with Gasteiger partial charge in [0.05, 0.1) is 0 Å². The van der Waals surface area contributed by atoms with E-state index in [-0.39, 0.29) is 17.8 Å². The van der Waals surface area contributed by atoms with Crippen molar-refractivity contribution in [2.24, 2.45) is 40.9 Å². The van der Waals surface area contributed by atoms with Crippen LogP contribution >= 0.6 is 0 Å².